The molecule has 0 radical (unpaired) electrons. The van der Waals surface area contributed by atoms with Gasteiger partial charge in [-0.05, 0) is 42.8 Å². The van der Waals surface area contributed by atoms with Gasteiger partial charge in [-0.15, -0.1) is 0 Å². The molecule has 152 valence electrons. The Labute approximate surface area is 171 Å². The van der Waals surface area contributed by atoms with Gasteiger partial charge in [0.1, 0.15) is 16.4 Å². The maximum absolute atomic E-state index is 13.0. The molecule has 2 aromatic carbocycles. The van der Waals surface area contributed by atoms with Crippen molar-refractivity contribution >= 4 is 21.6 Å². The first-order chi connectivity index (χ1) is 13.3. The summed E-state index contributed by atoms with van der Waals surface area (Å²) in [5.41, 5.74) is 1.95. The van der Waals surface area contributed by atoms with Crippen LogP contribution in [0.5, 0.6) is 11.5 Å². The quantitative estimate of drug-likeness (QED) is 0.712. The predicted octanol–water partition coefficient (Wildman–Crippen LogP) is 3.17. The number of methoxy groups -OCH3 is 2. The molecule has 1 aliphatic heterocycles. The van der Waals surface area contributed by atoms with E-state index in [1.807, 2.05) is 25.1 Å². The number of halogens is 1. The lowest BCUT2D eigenvalue weighted by Crippen LogP contribution is -2.48. The fourth-order valence-electron chi connectivity index (χ4n) is 3.33. The smallest absolute Gasteiger partial charge is 0.244 e. The second-order valence-corrected chi connectivity index (χ2v) is 9.11. The molecule has 6 nitrogen and oxygen atoms in total. The minimum atomic E-state index is -3.60. The Balaban J connectivity index is 1.69. The van der Waals surface area contributed by atoms with Crippen LogP contribution in [0.4, 0.5) is 0 Å². The number of rotatable bonds is 6. The molecule has 28 heavy (non-hydrogen) atoms. The topological polar surface area (TPSA) is 59.1 Å². The normalized spacial score (nSPS) is 16.1. The molecule has 1 fully saturated rings. The molecule has 0 aromatic heterocycles. The average Bonchev–Trinajstić information content (AvgIpc) is 2.68. The van der Waals surface area contributed by atoms with Crippen LogP contribution < -0.4 is 9.47 Å². The first-order valence-corrected chi connectivity index (χ1v) is 10.9. The number of piperazine rings is 1. The van der Waals surface area contributed by atoms with Crippen molar-refractivity contribution in [1.29, 1.82) is 0 Å². The van der Waals surface area contributed by atoms with Crippen LogP contribution in [0.25, 0.3) is 0 Å². The van der Waals surface area contributed by atoms with Crippen molar-refractivity contribution in [3.8, 4) is 11.5 Å². The van der Waals surface area contributed by atoms with Crippen molar-refractivity contribution in [3.05, 3.63) is 52.5 Å². The Morgan fingerprint density at radius 1 is 1.00 bits per heavy atom. The lowest BCUT2D eigenvalue weighted by molar-refractivity contribution is 0.180. The summed E-state index contributed by atoms with van der Waals surface area (Å²) in [4.78, 5) is 2.38. The Morgan fingerprint density at radius 3 is 2.32 bits per heavy atom. The van der Waals surface area contributed by atoms with Crippen LogP contribution in [0.1, 0.15) is 11.1 Å². The molecule has 0 bridgehead atoms. The first kappa shape index (κ1) is 20.9. The third-order valence-corrected chi connectivity index (χ3v) is 7.30. The fourth-order valence-corrected chi connectivity index (χ4v) is 5.32. The van der Waals surface area contributed by atoms with Crippen molar-refractivity contribution in [2.75, 3.05) is 40.4 Å². The van der Waals surface area contributed by atoms with E-state index in [-0.39, 0.29) is 9.92 Å². The number of sulfonamides is 1. The van der Waals surface area contributed by atoms with Gasteiger partial charge in [0, 0.05) is 38.3 Å². The van der Waals surface area contributed by atoms with Crippen molar-refractivity contribution in [2.45, 2.75) is 18.4 Å². The molecule has 3 rings (SSSR count). The van der Waals surface area contributed by atoms with E-state index in [1.165, 1.54) is 4.31 Å². The van der Waals surface area contributed by atoms with Gasteiger partial charge in [-0.1, -0.05) is 17.7 Å². The summed E-state index contributed by atoms with van der Waals surface area (Å²) in [6.45, 7) is 4.64. The van der Waals surface area contributed by atoms with Gasteiger partial charge >= 0.3 is 0 Å². The maximum atomic E-state index is 13.0. The molecule has 0 unspecified atom stereocenters. The van der Waals surface area contributed by atoms with E-state index in [0.717, 1.165) is 22.6 Å². The number of benzene rings is 2. The van der Waals surface area contributed by atoms with Crippen LogP contribution in [0, 0.1) is 6.92 Å². The van der Waals surface area contributed by atoms with Crippen LogP contribution in [-0.2, 0) is 16.6 Å². The monoisotopic (exact) mass is 424 g/mol. The van der Waals surface area contributed by atoms with E-state index in [9.17, 15) is 8.42 Å². The number of ether oxygens (including phenoxy) is 2. The molecule has 0 saturated carbocycles. The van der Waals surface area contributed by atoms with Crippen LogP contribution in [0.3, 0.4) is 0 Å². The Kier molecular flexibility index (Phi) is 6.50. The van der Waals surface area contributed by atoms with E-state index < -0.39 is 10.0 Å². The van der Waals surface area contributed by atoms with Crippen LogP contribution >= 0.6 is 11.6 Å². The molecular weight excluding hydrogens is 400 g/mol. The molecule has 1 heterocycles. The third kappa shape index (κ3) is 4.43. The zero-order chi connectivity index (χ0) is 20.3. The molecular formula is C20H25ClN2O4S. The molecule has 0 spiro atoms. The van der Waals surface area contributed by atoms with Crippen molar-refractivity contribution < 1.29 is 17.9 Å². The van der Waals surface area contributed by atoms with E-state index in [1.54, 1.807) is 32.4 Å². The lowest BCUT2D eigenvalue weighted by Gasteiger charge is -2.34. The number of hydrogen-bond donors (Lipinski definition) is 0. The van der Waals surface area contributed by atoms with Crippen molar-refractivity contribution in [2.24, 2.45) is 0 Å². The summed E-state index contributed by atoms with van der Waals surface area (Å²) >= 11 is 6.19. The second-order valence-electron chi connectivity index (χ2n) is 6.79. The van der Waals surface area contributed by atoms with Gasteiger partial charge in [0.05, 0.1) is 19.2 Å². The van der Waals surface area contributed by atoms with Gasteiger partial charge in [0.25, 0.3) is 0 Å². The molecule has 2 aromatic rings. The molecule has 0 atom stereocenters. The SMILES string of the molecule is COc1ccc(OC)c(CN2CCN(S(=O)(=O)c3ccc(C)cc3Cl)CC2)c1. The highest BCUT2D eigenvalue weighted by Gasteiger charge is 2.30. The molecule has 0 amide bonds. The average molecular weight is 425 g/mol. The number of aryl methyl sites for hydroxylation is 1. The van der Waals surface area contributed by atoms with E-state index in [2.05, 4.69) is 4.90 Å². The zero-order valence-electron chi connectivity index (χ0n) is 16.3. The van der Waals surface area contributed by atoms with Crippen LogP contribution in [0.2, 0.25) is 5.02 Å². The molecule has 8 heteroatoms. The Bertz CT molecular complexity index is 941. The third-order valence-electron chi connectivity index (χ3n) is 4.92. The van der Waals surface area contributed by atoms with Crippen molar-refractivity contribution in [1.82, 2.24) is 9.21 Å². The number of nitrogens with zero attached hydrogens (tertiary/aromatic N) is 2. The Morgan fingerprint density at radius 2 is 1.71 bits per heavy atom. The van der Waals surface area contributed by atoms with E-state index in [0.29, 0.717) is 32.7 Å². The lowest BCUT2D eigenvalue weighted by atomic mass is 10.1. The standard InChI is InChI=1S/C20H25ClN2O4S/c1-15-4-7-20(18(21)12-15)28(24,25)23-10-8-22(9-11-23)14-16-13-17(26-2)5-6-19(16)27-3/h4-7,12-13H,8-11,14H2,1-3H3. The molecule has 0 aliphatic carbocycles. The van der Waals surface area contributed by atoms with Gasteiger partial charge in [0.15, 0.2) is 0 Å². The van der Waals surface area contributed by atoms with Gasteiger partial charge in [-0.3, -0.25) is 4.90 Å². The highest BCUT2D eigenvalue weighted by molar-refractivity contribution is 7.89. The highest BCUT2D eigenvalue weighted by Crippen LogP contribution is 2.28. The summed E-state index contributed by atoms with van der Waals surface area (Å²) in [5, 5.41) is 0.267. The summed E-state index contributed by atoms with van der Waals surface area (Å²) in [7, 11) is -0.329. The number of hydrogen-bond acceptors (Lipinski definition) is 5. The predicted molar refractivity (Wildman–Crippen MR) is 110 cm³/mol. The second kappa shape index (κ2) is 8.69. The maximum Gasteiger partial charge on any atom is 0.244 e. The summed E-state index contributed by atoms with van der Waals surface area (Å²) in [6, 6.07) is 10.7. The first-order valence-electron chi connectivity index (χ1n) is 9.04. The summed E-state index contributed by atoms with van der Waals surface area (Å²) in [5.74, 6) is 1.56. The highest BCUT2D eigenvalue weighted by atomic mass is 35.5. The molecule has 0 N–H and O–H groups in total. The zero-order valence-corrected chi connectivity index (χ0v) is 17.9. The fraction of sp³-hybridized carbons (Fsp3) is 0.400. The molecule has 1 aliphatic rings. The van der Waals surface area contributed by atoms with Gasteiger partial charge in [-0.25, -0.2) is 8.42 Å². The Hall–Kier alpha value is -1.80. The van der Waals surface area contributed by atoms with Crippen LogP contribution in [0.15, 0.2) is 41.3 Å². The van der Waals surface area contributed by atoms with E-state index in [4.69, 9.17) is 21.1 Å². The summed E-state index contributed by atoms with van der Waals surface area (Å²) < 4.78 is 38.2. The summed E-state index contributed by atoms with van der Waals surface area (Å²) in [6.07, 6.45) is 0. The minimum Gasteiger partial charge on any atom is -0.497 e. The van der Waals surface area contributed by atoms with Gasteiger partial charge in [-0.2, -0.15) is 4.31 Å². The van der Waals surface area contributed by atoms with Crippen molar-refractivity contribution in [3.63, 3.8) is 0 Å². The molecule has 1 saturated heterocycles. The van der Waals surface area contributed by atoms with Gasteiger partial charge in [0.2, 0.25) is 10.0 Å². The van der Waals surface area contributed by atoms with Gasteiger partial charge < -0.3 is 9.47 Å². The van der Waals surface area contributed by atoms with E-state index >= 15 is 0 Å². The minimum absolute atomic E-state index is 0.169. The van der Waals surface area contributed by atoms with Crippen LogP contribution in [-0.4, -0.2) is 58.0 Å². The largest absolute Gasteiger partial charge is 0.497 e.